The second kappa shape index (κ2) is 10.6. The number of likely N-dealkylation sites (N-methyl/N-ethyl adjacent to an activating group) is 1. The van der Waals surface area contributed by atoms with Crippen LogP contribution in [0.4, 0.5) is 13.2 Å². The standard InChI is InChI=1S/C16H30F3N5O2S.HI/c1-12(23(3)14-4-5-14)10-21-15(20-2)22-11-13-6-8-24(9-7-13)27(25,26)16(17,18)19;/h12-14H,4-11H2,1-3H3,(H2,20,21,22);1H. The highest BCUT2D eigenvalue weighted by Gasteiger charge is 2.50. The quantitative estimate of drug-likeness (QED) is 0.292. The van der Waals surface area contributed by atoms with E-state index in [9.17, 15) is 21.6 Å². The van der Waals surface area contributed by atoms with Gasteiger partial charge in [-0.15, -0.1) is 24.0 Å². The molecule has 0 bridgehead atoms. The molecule has 166 valence electrons. The Morgan fingerprint density at radius 2 is 1.79 bits per heavy atom. The molecule has 1 aliphatic heterocycles. The third kappa shape index (κ3) is 6.87. The van der Waals surface area contributed by atoms with Gasteiger partial charge in [-0.2, -0.15) is 17.5 Å². The number of guanidine groups is 1. The van der Waals surface area contributed by atoms with E-state index in [0.717, 1.165) is 6.54 Å². The third-order valence-electron chi connectivity index (χ3n) is 5.37. The number of alkyl halides is 3. The lowest BCUT2D eigenvalue weighted by Gasteiger charge is -2.32. The topological polar surface area (TPSA) is 77.0 Å². The van der Waals surface area contributed by atoms with Crippen molar-refractivity contribution < 1.29 is 21.6 Å². The number of halogens is 4. The van der Waals surface area contributed by atoms with Crippen molar-refractivity contribution in [3.63, 3.8) is 0 Å². The van der Waals surface area contributed by atoms with Crippen molar-refractivity contribution in [2.24, 2.45) is 10.9 Å². The summed E-state index contributed by atoms with van der Waals surface area (Å²) in [6.07, 6.45) is 3.27. The van der Waals surface area contributed by atoms with Gasteiger partial charge in [0, 0.05) is 45.3 Å². The summed E-state index contributed by atoms with van der Waals surface area (Å²) in [5, 5.41) is 6.46. The molecule has 28 heavy (non-hydrogen) atoms. The molecule has 12 heteroatoms. The highest BCUT2D eigenvalue weighted by atomic mass is 127. The highest BCUT2D eigenvalue weighted by Crippen LogP contribution is 2.30. The van der Waals surface area contributed by atoms with Crippen molar-refractivity contribution in [2.75, 3.05) is 40.3 Å². The predicted molar refractivity (Wildman–Crippen MR) is 114 cm³/mol. The van der Waals surface area contributed by atoms with Gasteiger partial charge in [-0.1, -0.05) is 0 Å². The molecule has 1 heterocycles. The van der Waals surface area contributed by atoms with Crippen molar-refractivity contribution in [2.45, 2.75) is 50.2 Å². The van der Waals surface area contributed by atoms with Crippen molar-refractivity contribution in [3.05, 3.63) is 0 Å². The van der Waals surface area contributed by atoms with Gasteiger partial charge in [0.25, 0.3) is 0 Å². The van der Waals surface area contributed by atoms with Gasteiger partial charge in [-0.25, -0.2) is 8.42 Å². The first kappa shape index (κ1) is 25.7. The largest absolute Gasteiger partial charge is 0.511 e. The number of nitrogens with one attached hydrogen (secondary N) is 2. The van der Waals surface area contributed by atoms with Crippen LogP contribution in [0.3, 0.4) is 0 Å². The van der Waals surface area contributed by atoms with E-state index in [4.69, 9.17) is 0 Å². The van der Waals surface area contributed by atoms with Crippen LogP contribution in [0.1, 0.15) is 32.6 Å². The monoisotopic (exact) mass is 541 g/mol. The van der Waals surface area contributed by atoms with E-state index in [0.29, 0.717) is 41.7 Å². The first-order chi connectivity index (χ1) is 12.6. The fraction of sp³-hybridized carbons (Fsp3) is 0.938. The SMILES string of the molecule is CN=C(NCC1CCN(S(=O)(=O)C(F)(F)F)CC1)NCC(C)N(C)C1CC1.I. The number of rotatable bonds is 7. The number of piperidine rings is 1. The average Bonchev–Trinajstić information content (AvgIpc) is 3.45. The third-order valence-corrected chi connectivity index (χ3v) is 7.00. The lowest BCUT2D eigenvalue weighted by molar-refractivity contribution is -0.0496. The molecular weight excluding hydrogens is 510 g/mol. The maximum absolute atomic E-state index is 12.6. The number of aliphatic imine (C=N–C) groups is 1. The molecule has 0 radical (unpaired) electrons. The van der Waals surface area contributed by atoms with Gasteiger partial charge in [0.05, 0.1) is 0 Å². The zero-order valence-corrected chi connectivity index (χ0v) is 19.6. The zero-order chi connectivity index (χ0) is 20.2. The fourth-order valence-electron chi connectivity index (χ4n) is 3.19. The van der Waals surface area contributed by atoms with E-state index in [2.05, 4.69) is 34.5 Å². The normalized spacial score (nSPS) is 21.3. The van der Waals surface area contributed by atoms with Crippen LogP contribution in [0.2, 0.25) is 0 Å². The van der Waals surface area contributed by atoms with Crippen LogP contribution in [0.25, 0.3) is 0 Å². The van der Waals surface area contributed by atoms with E-state index >= 15 is 0 Å². The Morgan fingerprint density at radius 1 is 1.21 bits per heavy atom. The molecule has 1 saturated heterocycles. The Hall–Kier alpha value is -0.340. The molecule has 0 aromatic rings. The molecular formula is C16H31F3IN5O2S. The minimum absolute atomic E-state index is 0. The minimum Gasteiger partial charge on any atom is -0.356 e. The Bertz CT molecular complexity index is 620. The van der Waals surface area contributed by atoms with Crippen LogP contribution in [0.15, 0.2) is 4.99 Å². The molecule has 0 aromatic heterocycles. The smallest absolute Gasteiger partial charge is 0.356 e. The first-order valence-corrected chi connectivity index (χ1v) is 10.7. The van der Waals surface area contributed by atoms with Gasteiger partial charge in [0.2, 0.25) is 0 Å². The lowest BCUT2D eigenvalue weighted by atomic mass is 9.98. The van der Waals surface area contributed by atoms with Crippen LogP contribution < -0.4 is 10.6 Å². The summed E-state index contributed by atoms with van der Waals surface area (Å²) in [5.41, 5.74) is -5.23. The van der Waals surface area contributed by atoms with Gasteiger partial charge >= 0.3 is 15.5 Å². The van der Waals surface area contributed by atoms with Gasteiger partial charge in [0.1, 0.15) is 0 Å². The van der Waals surface area contributed by atoms with Gasteiger partial charge < -0.3 is 10.6 Å². The summed E-state index contributed by atoms with van der Waals surface area (Å²) >= 11 is 0. The number of sulfonamides is 1. The fourth-order valence-corrected chi connectivity index (χ4v) is 4.18. The molecule has 2 rings (SSSR count). The van der Waals surface area contributed by atoms with Crippen LogP contribution in [0, 0.1) is 5.92 Å². The predicted octanol–water partition coefficient (Wildman–Crippen LogP) is 1.81. The van der Waals surface area contributed by atoms with E-state index in [1.807, 2.05) is 0 Å². The zero-order valence-electron chi connectivity index (χ0n) is 16.5. The number of hydrogen-bond donors (Lipinski definition) is 2. The highest BCUT2D eigenvalue weighted by molar-refractivity contribution is 14.0. The van der Waals surface area contributed by atoms with E-state index < -0.39 is 15.5 Å². The molecule has 0 amide bonds. The van der Waals surface area contributed by atoms with Crippen LogP contribution in [-0.4, -0.2) is 81.4 Å². The van der Waals surface area contributed by atoms with Gasteiger partial charge in [-0.3, -0.25) is 9.89 Å². The van der Waals surface area contributed by atoms with Gasteiger partial charge in [-0.05, 0) is 45.6 Å². The van der Waals surface area contributed by atoms with E-state index in [1.54, 1.807) is 7.05 Å². The second-order valence-corrected chi connectivity index (χ2v) is 9.30. The Morgan fingerprint density at radius 3 is 2.25 bits per heavy atom. The van der Waals surface area contributed by atoms with Crippen LogP contribution >= 0.6 is 24.0 Å². The average molecular weight is 541 g/mol. The summed E-state index contributed by atoms with van der Waals surface area (Å²) < 4.78 is 61.2. The lowest BCUT2D eigenvalue weighted by Crippen LogP contribution is -2.48. The van der Waals surface area contributed by atoms with Crippen molar-refractivity contribution in [1.29, 1.82) is 0 Å². The molecule has 7 nitrogen and oxygen atoms in total. The summed E-state index contributed by atoms with van der Waals surface area (Å²) in [6.45, 7) is 3.23. The number of nitrogens with zero attached hydrogens (tertiary/aromatic N) is 3. The summed E-state index contributed by atoms with van der Waals surface area (Å²) in [6, 6.07) is 1.04. The van der Waals surface area contributed by atoms with Crippen LogP contribution in [-0.2, 0) is 10.0 Å². The molecule has 0 spiro atoms. The summed E-state index contributed by atoms with van der Waals surface area (Å²) in [5.74, 6) is 0.756. The Balaban J connectivity index is 0.00000392. The van der Waals surface area contributed by atoms with Crippen molar-refractivity contribution in [3.8, 4) is 0 Å². The molecule has 2 fully saturated rings. The molecule has 2 aliphatic rings. The van der Waals surface area contributed by atoms with E-state index in [-0.39, 0.29) is 43.0 Å². The van der Waals surface area contributed by atoms with Crippen LogP contribution in [0.5, 0.6) is 0 Å². The maximum atomic E-state index is 12.6. The first-order valence-electron chi connectivity index (χ1n) is 9.29. The molecule has 0 aromatic carbocycles. The van der Waals surface area contributed by atoms with Crippen molar-refractivity contribution in [1.82, 2.24) is 19.8 Å². The molecule has 1 atom stereocenters. The second-order valence-electron chi connectivity index (χ2n) is 7.37. The number of hydrogen-bond acceptors (Lipinski definition) is 4. The summed E-state index contributed by atoms with van der Waals surface area (Å²) in [7, 11) is -1.43. The maximum Gasteiger partial charge on any atom is 0.511 e. The molecule has 1 aliphatic carbocycles. The molecule has 1 saturated carbocycles. The molecule has 2 N–H and O–H groups in total. The van der Waals surface area contributed by atoms with E-state index in [1.165, 1.54) is 12.8 Å². The Kier molecular flexibility index (Phi) is 9.74. The van der Waals surface area contributed by atoms with Gasteiger partial charge in [0.15, 0.2) is 5.96 Å². The summed E-state index contributed by atoms with van der Waals surface area (Å²) in [4.78, 5) is 6.52. The Labute approximate surface area is 182 Å². The molecule has 1 unspecified atom stereocenters. The van der Waals surface area contributed by atoms with Crippen molar-refractivity contribution >= 4 is 40.0 Å². The minimum atomic E-state index is -5.23.